The Morgan fingerprint density at radius 3 is 0.698 bits per heavy atom. The highest BCUT2D eigenvalue weighted by Crippen LogP contribution is 2.38. The number of benzene rings is 9. The minimum absolute atomic E-state index is 0.154. The van der Waals surface area contributed by atoms with Gasteiger partial charge in [0.05, 0.1) is 11.1 Å². The molecule has 0 heterocycles. The molecule has 9 aromatic rings. The first-order valence-corrected chi connectivity index (χ1v) is 37.2. The molecule has 0 unspecified atom stereocenters. The Labute approximate surface area is 636 Å². The molecule has 0 radical (unpaired) electrons. The van der Waals surface area contributed by atoms with Crippen LogP contribution in [0.4, 0.5) is 0 Å². The summed E-state index contributed by atoms with van der Waals surface area (Å²) in [6.45, 7) is 54.2. The van der Waals surface area contributed by atoms with Crippen LogP contribution in [0.5, 0.6) is 11.5 Å². The Morgan fingerprint density at radius 1 is 0.217 bits per heavy atom. The molecule has 13 rings (SSSR count). The van der Waals surface area contributed by atoms with E-state index in [-0.39, 0.29) is 56.5 Å². The predicted octanol–water partition coefficient (Wildman–Crippen LogP) is 25.9. The van der Waals surface area contributed by atoms with Crippen LogP contribution in [0.25, 0.3) is 64.6 Å². The first kappa shape index (κ1) is 76.2. The average Bonchev–Trinajstić information content (AvgIpc) is 0.747. The van der Waals surface area contributed by atoms with E-state index in [1.807, 2.05) is 36.4 Å². The van der Waals surface area contributed by atoms with E-state index in [0.717, 1.165) is 121 Å². The van der Waals surface area contributed by atoms with Crippen LogP contribution in [0, 0.1) is 96.5 Å². The van der Waals surface area contributed by atoms with Gasteiger partial charge in [0, 0.05) is 86.9 Å². The molecule has 12 bridgehead atoms. The summed E-state index contributed by atoms with van der Waals surface area (Å²) in [4.78, 5) is 0. The van der Waals surface area contributed by atoms with Gasteiger partial charge < -0.3 is 9.47 Å². The molecule has 0 saturated carbocycles. The lowest BCUT2D eigenvalue weighted by Crippen LogP contribution is -2.17. The van der Waals surface area contributed by atoms with Crippen molar-refractivity contribution in [2.45, 2.75) is 223 Å². The molecular formula is C104H102O2. The Kier molecular flexibility index (Phi) is 21.0. The fourth-order valence-corrected chi connectivity index (χ4v) is 12.3. The van der Waals surface area contributed by atoms with Gasteiger partial charge in [-0.1, -0.05) is 287 Å². The maximum Gasteiger partial charge on any atom is 0.120 e. The zero-order chi connectivity index (χ0) is 76.7. The molecule has 0 aliphatic heterocycles. The van der Waals surface area contributed by atoms with Gasteiger partial charge >= 0.3 is 0 Å². The molecule has 2 nitrogen and oxygen atoms in total. The van der Waals surface area contributed by atoms with Gasteiger partial charge in [0.2, 0.25) is 0 Å². The zero-order valence-electron chi connectivity index (χ0n) is 67.2. The second-order valence-electron chi connectivity index (χ2n) is 36.9. The third-order valence-corrected chi connectivity index (χ3v) is 19.4. The lowest BCUT2D eigenvalue weighted by molar-refractivity contribution is 0.300. The largest absolute Gasteiger partial charge is 0.489 e. The Hall–Kier alpha value is -10.9. The van der Waals surface area contributed by atoms with Gasteiger partial charge in [0.15, 0.2) is 0 Å². The highest BCUT2D eigenvalue weighted by Gasteiger charge is 2.25. The van der Waals surface area contributed by atoms with Crippen molar-refractivity contribution in [3.8, 4) is 35.2 Å². The van der Waals surface area contributed by atoms with Crippen molar-refractivity contribution in [1.29, 1.82) is 0 Å². The molecule has 0 N–H and O–H groups in total. The molecule has 4 aliphatic carbocycles. The summed E-state index contributed by atoms with van der Waals surface area (Å²) in [5.41, 5.74) is 12.1. The lowest BCUT2D eigenvalue weighted by atomic mass is 9.80. The van der Waals surface area contributed by atoms with Crippen LogP contribution in [-0.4, -0.2) is 0 Å². The van der Waals surface area contributed by atoms with Crippen molar-refractivity contribution >= 4 is 64.6 Å². The normalized spacial score (nSPS) is 12.2. The third kappa shape index (κ3) is 19.1. The van der Waals surface area contributed by atoms with Gasteiger partial charge in [0.1, 0.15) is 24.7 Å². The second kappa shape index (κ2) is 29.2. The minimum atomic E-state index is -0.299. The van der Waals surface area contributed by atoms with Crippen LogP contribution < -0.4 is 9.47 Å². The van der Waals surface area contributed by atoms with Crippen LogP contribution in [0.15, 0.2) is 158 Å². The summed E-state index contributed by atoms with van der Waals surface area (Å²) in [5.74, 6) is 16.8. The van der Waals surface area contributed by atoms with Gasteiger partial charge in [0.25, 0.3) is 0 Å². The molecule has 0 amide bonds. The molecule has 0 fully saturated rings. The van der Waals surface area contributed by atoms with E-state index < -0.39 is 0 Å². The molecule has 0 atom stereocenters. The Balaban J connectivity index is 1.37. The van der Waals surface area contributed by atoms with Gasteiger partial charge in [-0.2, -0.15) is 0 Å². The van der Waals surface area contributed by atoms with Crippen molar-refractivity contribution in [1.82, 2.24) is 0 Å². The van der Waals surface area contributed by atoms with Crippen molar-refractivity contribution < 1.29 is 9.47 Å². The maximum atomic E-state index is 7.20. The molecule has 0 aromatic heterocycles. The summed E-state index contributed by atoms with van der Waals surface area (Å²) in [5, 5.41) is 9.69. The highest BCUT2D eigenvalue weighted by molar-refractivity contribution is 5.84. The fourth-order valence-electron chi connectivity index (χ4n) is 12.3. The molecule has 106 heavy (non-hydrogen) atoms. The standard InChI is InChI=1S/C104H102O2/c1-97(2,3)85-51-73-33-31-69-27-25-29-71(47-69)35-40-80-58-88(100(10,11)12)60-82-42-38-76-50-74(52-86(54-76)98(4,5)6)34-32-70-28-26-30-72(48-70)36-39-79-57-87(99(7,8)9)59-81(41-37-75(49-73)53-85)95(79)45-43-77-55-84(68-106-94-65-91(103(19,20)21)62-92(66-94)104(22,23)24)78(44-46-96(80)82)56-83(77)67-105-93-63-89(101(13,14)15)61-90(64-93)102(16,17)18/h25-30,47-66H,67-68H2,1-24H3. The monoisotopic (exact) mass is 1380 g/mol. The smallest absolute Gasteiger partial charge is 0.120 e. The molecule has 2 heteroatoms. The van der Waals surface area contributed by atoms with Crippen molar-refractivity contribution in [3.05, 3.63) is 308 Å². The van der Waals surface area contributed by atoms with Crippen LogP contribution in [0.2, 0.25) is 0 Å². The minimum Gasteiger partial charge on any atom is -0.489 e. The lowest BCUT2D eigenvalue weighted by Gasteiger charge is -2.26. The zero-order valence-corrected chi connectivity index (χ0v) is 67.2. The quantitative estimate of drug-likeness (QED) is 0.155. The molecule has 0 spiro atoms. The number of rotatable bonds is 6. The highest BCUT2D eigenvalue weighted by atomic mass is 16.5. The van der Waals surface area contributed by atoms with Crippen LogP contribution in [0.1, 0.15) is 244 Å². The summed E-state index contributed by atoms with van der Waals surface area (Å²) in [7, 11) is 0. The first-order valence-electron chi connectivity index (χ1n) is 37.2. The molecule has 9 aromatic carbocycles. The van der Waals surface area contributed by atoms with Gasteiger partial charge in [-0.3, -0.25) is 0 Å². The number of hydrogen-bond donors (Lipinski definition) is 0. The van der Waals surface area contributed by atoms with E-state index in [4.69, 9.17) is 9.47 Å². The van der Waals surface area contributed by atoms with E-state index in [0.29, 0.717) is 11.1 Å². The Bertz CT molecular complexity index is 5140. The van der Waals surface area contributed by atoms with Gasteiger partial charge in [-0.15, -0.1) is 0 Å². The average molecular weight is 1380 g/mol. The van der Waals surface area contributed by atoms with Gasteiger partial charge in [-0.25, -0.2) is 0 Å². The Morgan fingerprint density at radius 2 is 0.434 bits per heavy atom. The van der Waals surface area contributed by atoms with Crippen molar-refractivity contribution in [2.75, 3.05) is 0 Å². The SMILES string of the molecule is CC(C)(C)c1cc(OCc2cc3c(COc4cc(C(C)(C)C)cc(C(C)(C)C)c4)cc2C#Cc2c4c#cc5cccc(c#cc6cc(C(C)(C)C)cc(c#cc7cc(C(C)(C)C)cc(c#cc8cccc(c#cc9cc(C(C)(C)C)cc(c#cc2cc(C(C)(C)C)c4)c9)c8)c7C#C3)c6)c5)cc(C(C)(C)C)c1. The molecule has 530 valence electrons. The first-order chi connectivity index (χ1) is 49.4. The maximum absolute atomic E-state index is 7.20. The fraction of sp³-hybridized carbons (Fsp3) is 0.327. The van der Waals surface area contributed by atoms with E-state index in [9.17, 15) is 0 Å². The van der Waals surface area contributed by atoms with Gasteiger partial charge in [-0.05, 0) is 221 Å². The van der Waals surface area contributed by atoms with E-state index in [2.05, 4.69) is 384 Å². The van der Waals surface area contributed by atoms with Crippen molar-refractivity contribution in [2.24, 2.45) is 0 Å². The van der Waals surface area contributed by atoms with E-state index in [1.165, 1.54) is 22.3 Å². The topological polar surface area (TPSA) is 18.5 Å². The summed E-state index contributed by atoms with van der Waals surface area (Å²) >= 11 is 0. The van der Waals surface area contributed by atoms with Crippen LogP contribution in [-0.2, 0) is 56.5 Å². The van der Waals surface area contributed by atoms with E-state index in [1.54, 1.807) is 0 Å². The van der Waals surface area contributed by atoms with Crippen LogP contribution in [0.3, 0.4) is 0 Å². The summed E-state index contributed by atoms with van der Waals surface area (Å²) in [6.07, 6.45) is 0. The van der Waals surface area contributed by atoms with E-state index >= 15 is 0 Å². The number of hydrogen-bond acceptors (Lipinski definition) is 2. The van der Waals surface area contributed by atoms with Crippen LogP contribution >= 0.6 is 0 Å². The third-order valence-electron chi connectivity index (χ3n) is 19.4. The predicted molar refractivity (Wildman–Crippen MR) is 446 cm³/mol. The number of ether oxygens (including phenoxy) is 2. The molecule has 0 saturated heterocycles. The molecule has 4 aliphatic rings. The summed E-state index contributed by atoms with van der Waals surface area (Å²) in [6, 6.07) is 99.5. The van der Waals surface area contributed by atoms with Crippen molar-refractivity contribution in [3.63, 3.8) is 0 Å². The second-order valence-corrected chi connectivity index (χ2v) is 36.9. The molecular weight excluding hydrogens is 1280 g/mol. The summed E-state index contributed by atoms with van der Waals surface area (Å²) < 4.78 is 14.4.